The van der Waals surface area contributed by atoms with Crippen LogP contribution >= 0.6 is 8.25 Å². The topological polar surface area (TPSA) is 92.7 Å². The Morgan fingerprint density at radius 2 is 1.39 bits per heavy atom. The van der Waals surface area contributed by atoms with Gasteiger partial charge in [-0.15, -0.1) is 0 Å². The van der Waals surface area contributed by atoms with E-state index in [-0.39, 0.29) is 6.61 Å². The summed E-state index contributed by atoms with van der Waals surface area (Å²) < 4.78 is 47.3. The van der Waals surface area contributed by atoms with Crippen LogP contribution in [0.3, 0.4) is 0 Å². The van der Waals surface area contributed by atoms with Crippen LogP contribution in [-0.4, -0.2) is 62.2 Å². The summed E-state index contributed by atoms with van der Waals surface area (Å²) in [7, 11) is -2.81. The van der Waals surface area contributed by atoms with Crippen molar-refractivity contribution in [3.63, 3.8) is 0 Å². The molecule has 9 heteroatoms. The van der Waals surface area contributed by atoms with Gasteiger partial charge in [0.1, 0.15) is 30.2 Å². The van der Waals surface area contributed by atoms with Gasteiger partial charge in [0.2, 0.25) is 0 Å². The van der Waals surface area contributed by atoms with Crippen LogP contribution in [0.1, 0.15) is 59.3 Å². The third-order valence-corrected chi connectivity index (χ3v) is 6.15. The molecule has 8 nitrogen and oxygen atoms in total. The monoisotopic (exact) mass is 488 g/mol. The van der Waals surface area contributed by atoms with Crippen molar-refractivity contribution in [3.8, 4) is 5.75 Å². The van der Waals surface area contributed by atoms with E-state index in [1.807, 2.05) is 6.07 Å². The minimum absolute atomic E-state index is 0.0617. The first-order valence-electron chi connectivity index (χ1n) is 12.2. The molecular formula is C24H41O8P. The van der Waals surface area contributed by atoms with Crippen LogP contribution in [0.15, 0.2) is 30.3 Å². The molecule has 1 N–H and O–H groups in total. The van der Waals surface area contributed by atoms with Gasteiger partial charge >= 0.3 is 8.25 Å². The Kier molecular flexibility index (Phi) is 14.2. The molecule has 0 bridgehead atoms. The van der Waals surface area contributed by atoms with Gasteiger partial charge in [-0.1, -0.05) is 58.2 Å². The Balaban J connectivity index is 2.08. The Bertz CT molecular complexity index is 647. The van der Waals surface area contributed by atoms with Crippen LogP contribution in [0.25, 0.3) is 0 Å². The van der Waals surface area contributed by atoms with Crippen LogP contribution in [0, 0.1) is 0 Å². The highest BCUT2D eigenvalue weighted by Crippen LogP contribution is 2.32. The smallest absolute Gasteiger partial charge is 0.367 e. The summed E-state index contributed by atoms with van der Waals surface area (Å²) in [5, 5.41) is 10.7. The van der Waals surface area contributed by atoms with E-state index in [2.05, 4.69) is 20.8 Å². The van der Waals surface area contributed by atoms with Gasteiger partial charge in [0.15, 0.2) is 6.29 Å². The molecule has 33 heavy (non-hydrogen) atoms. The Hall–Kier alpha value is -0.990. The fourth-order valence-electron chi connectivity index (χ4n) is 3.45. The number of hydrogen-bond acceptors (Lipinski definition) is 8. The van der Waals surface area contributed by atoms with Gasteiger partial charge in [-0.2, -0.15) is 0 Å². The van der Waals surface area contributed by atoms with E-state index in [1.54, 1.807) is 24.3 Å². The minimum atomic E-state index is -2.81. The summed E-state index contributed by atoms with van der Waals surface area (Å²) in [6, 6.07) is 8.84. The van der Waals surface area contributed by atoms with Gasteiger partial charge in [0.05, 0.1) is 6.61 Å². The van der Waals surface area contributed by atoms with E-state index in [0.29, 0.717) is 25.6 Å². The molecule has 1 aromatic carbocycles. The molecule has 0 spiro atoms. The predicted molar refractivity (Wildman–Crippen MR) is 127 cm³/mol. The summed E-state index contributed by atoms with van der Waals surface area (Å²) >= 11 is 0. The molecule has 1 aromatic rings. The van der Waals surface area contributed by atoms with E-state index in [9.17, 15) is 9.67 Å². The SMILES string of the molecule is CCCCOC1[C@H](OCCCC)C(CO[PH](=O)Oc2ccccc2)OC(O)[C@@H]1OCCCC. The highest BCUT2D eigenvalue weighted by atomic mass is 31.1. The number of aliphatic hydroxyl groups is 1. The van der Waals surface area contributed by atoms with Gasteiger partial charge in [0.25, 0.3) is 0 Å². The standard InChI is InChI=1S/C24H41O8P/c1-4-7-15-27-21-20(18-30-33(26)32-19-13-11-10-12-14-19)31-24(25)23(29-17-9-6-3)22(21)28-16-8-5-2/h10-14,20-25,33H,4-9,15-18H2,1-3H3/t20?,21-,22?,23-,24?/m1/s1. The molecule has 190 valence electrons. The third kappa shape index (κ3) is 10.0. The maximum atomic E-state index is 12.4. The lowest BCUT2D eigenvalue weighted by Gasteiger charge is -2.44. The maximum Gasteiger partial charge on any atom is 0.367 e. The molecule has 1 heterocycles. The third-order valence-electron chi connectivity index (χ3n) is 5.34. The molecule has 1 fully saturated rings. The number of rotatable bonds is 17. The van der Waals surface area contributed by atoms with Crippen LogP contribution in [0.2, 0.25) is 0 Å². The second-order valence-corrected chi connectivity index (χ2v) is 9.10. The van der Waals surface area contributed by atoms with Crippen molar-refractivity contribution in [1.82, 2.24) is 0 Å². The van der Waals surface area contributed by atoms with E-state index < -0.39 is 39.0 Å². The largest absolute Gasteiger partial charge is 0.426 e. The summed E-state index contributed by atoms with van der Waals surface area (Å²) in [5.74, 6) is 0.465. The zero-order valence-corrected chi connectivity index (χ0v) is 21.1. The van der Waals surface area contributed by atoms with Crippen molar-refractivity contribution >= 4 is 8.25 Å². The van der Waals surface area contributed by atoms with E-state index in [4.69, 9.17) is 28.0 Å². The molecule has 0 radical (unpaired) electrons. The normalized spacial score (nSPS) is 26.2. The van der Waals surface area contributed by atoms with Crippen LogP contribution in [0.4, 0.5) is 0 Å². The first-order valence-corrected chi connectivity index (χ1v) is 13.4. The molecule has 2 rings (SSSR count). The molecule has 4 unspecified atom stereocenters. The van der Waals surface area contributed by atoms with Crippen LogP contribution in [0.5, 0.6) is 5.75 Å². The quantitative estimate of drug-likeness (QED) is 0.248. The highest BCUT2D eigenvalue weighted by Gasteiger charge is 2.47. The van der Waals surface area contributed by atoms with Crippen LogP contribution < -0.4 is 4.52 Å². The predicted octanol–water partition coefficient (Wildman–Crippen LogP) is 4.74. The lowest BCUT2D eigenvalue weighted by Crippen LogP contribution is -2.61. The van der Waals surface area contributed by atoms with Crippen molar-refractivity contribution in [2.75, 3.05) is 26.4 Å². The molecule has 1 saturated heterocycles. The molecule has 0 aliphatic carbocycles. The molecule has 1 aliphatic heterocycles. The highest BCUT2D eigenvalue weighted by molar-refractivity contribution is 7.33. The Labute approximate surface area is 198 Å². The fourth-order valence-corrected chi connectivity index (χ4v) is 4.14. The van der Waals surface area contributed by atoms with Crippen molar-refractivity contribution in [1.29, 1.82) is 0 Å². The molecule has 6 atom stereocenters. The zero-order valence-electron chi connectivity index (χ0n) is 20.1. The lowest BCUT2D eigenvalue weighted by atomic mass is 9.98. The summed E-state index contributed by atoms with van der Waals surface area (Å²) in [6.45, 7) is 7.73. The van der Waals surface area contributed by atoms with Crippen molar-refractivity contribution < 1.29 is 37.7 Å². The maximum absolute atomic E-state index is 12.4. The molecular weight excluding hydrogens is 447 g/mol. The van der Waals surface area contributed by atoms with Gasteiger partial charge in [0, 0.05) is 19.8 Å². The van der Waals surface area contributed by atoms with E-state index in [1.165, 1.54) is 0 Å². The van der Waals surface area contributed by atoms with E-state index in [0.717, 1.165) is 38.5 Å². The average molecular weight is 489 g/mol. The summed E-state index contributed by atoms with van der Waals surface area (Å²) in [4.78, 5) is 0. The first-order chi connectivity index (χ1) is 16.1. The summed E-state index contributed by atoms with van der Waals surface area (Å²) in [6.07, 6.45) is 1.97. The van der Waals surface area contributed by atoms with Gasteiger partial charge in [-0.3, -0.25) is 4.52 Å². The zero-order chi connectivity index (χ0) is 23.9. The first kappa shape index (κ1) is 28.2. The number of unbranched alkanes of at least 4 members (excludes halogenated alkanes) is 3. The number of hydrogen-bond donors (Lipinski definition) is 1. The minimum Gasteiger partial charge on any atom is -0.426 e. The van der Waals surface area contributed by atoms with Gasteiger partial charge < -0.3 is 28.6 Å². The molecule has 0 saturated carbocycles. The number of ether oxygens (including phenoxy) is 4. The fraction of sp³-hybridized carbons (Fsp3) is 0.750. The summed E-state index contributed by atoms with van der Waals surface area (Å²) in [5.41, 5.74) is 0. The molecule has 0 aromatic heterocycles. The second-order valence-electron chi connectivity index (χ2n) is 8.11. The van der Waals surface area contributed by atoms with Crippen molar-refractivity contribution in [2.45, 2.75) is 90.0 Å². The van der Waals surface area contributed by atoms with Crippen molar-refractivity contribution in [3.05, 3.63) is 30.3 Å². The van der Waals surface area contributed by atoms with E-state index >= 15 is 0 Å². The van der Waals surface area contributed by atoms with Crippen molar-refractivity contribution in [2.24, 2.45) is 0 Å². The lowest BCUT2D eigenvalue weighted by molar-refractivity contribution is -0.309. The average Bonchev–Trinajstić information content (AvgIpc) is 2.81. The second kappa shape index (κ2) is 16.6. The van der Waals surface area contributed by atoms with Gasteiger partial charge in [-0.25, -0.2) is 4.57 Å². The van der Waals surface area contributed by atoms with Gasteiger partial charge in [-0.05, 0) is 31.4 Å². The molecule has 1 aliphatic rings. The number of para-hydroxylation sites is 1. The molecule has 0 amide bonds. The number of aliphatic hydroxyl groups excluding tert-OH is 1. The Morgan fingerprint density at radius 1 is 0.848 bits per heavy atom. The van der Waals surface area contributed by atoms with Crippen LogP contribution in [-0.2, 0) is 28.0 Å². The number of benzene rings is 1. The Morgan fingerprint density at radius 3 is 1.97 bits per heavy atom.